The van der Waals surface area contributed by atoms with Crippen LogP contribution in [0.4, 0.5) is 0 Å². The molecule has 0 aliphatic heterocycles. The lowest BCUT2D eigenvalue weighted by Crippen LogP contribution is -2.31. The Balaban J connectivity index is 3.93. The third-order valence-electron chi connectivity index (χ3n) is 1.33. The van der Waals surface area contributed by atoms with Crippen LogP contribution in [0.2, 0.25) is 0 Å². The molecule has 5 heteroatoms. The van der Waals surface area contributed by atoms with Crippen LogP contribution in [0.5, 0.6) is 0 Å². The summed E-state index contributed by atoms with van der Waals surface area (Å²) in [6.45, 7) is 1.86. The minimum atomic E-state index is -2.98. The highest BCUT2D eigenvalue weighted by Crippen LogP contribution is 1.95. The fraction of sp³-hybridized carbons (Fsp3) is 1.00. The summed E-state index contributed by atoms with van der Waals surface area (Å²) in [7, 11) is 0.728. The monoisotopic (exact) mass is 183 g/mol. The Morgan fingerprint density at radius 2 is 2.10 bits per heavy atom. The molecule has 0 spiro atoms. The zero-order chi connectivity index (χ0) is 8.36. The molecule has 2 atom stereocenters. The predicted molar refractivity (Wildman–Crippen MR) is 46.2 cm³/mol. The van der Waals surface area contributed by atoms with Crippen molar-refractivity contribution in [3.8, 4) is 0 Å². The van der Waals surface area contributed by atoms with E-state index in [1.165, 1.54) is 0 Å². The van der Waals surface area contributed by atoms with Gasteiger partial charge in [0.2, 0.25) is 0 Å². The van der Waals surface area contributed by atoms with Crippen LogP contribution >= 0.6 is 0 Å². The van der Waals surface area contributed by atoms with Gasteiger partial charge in [-0.15, -0.1) is 0 Å². The van der Waals surface area contributed by atoms with Gasteiger partial charge in [-0.2, -0.15) is 0 Å². The van der Waals surface area contributed by atoms with E-state index >= 15 is 0 Å². The van der Waals surface area contributed by atoms with Crippen LogP contribution in [-0.2, 0) is 20.0 Å². The molecule has 0 heterocycles. The van der Waals surface area contributed by atoms with E-state index in [0.717, 1.165) is 0 Å². The maximum atomic E-state index is 10.6. The molecule has 0 aliphatic carbocycles. The average Bonchev–Trinajstić information content (AvgIpc) is 1.60. The average molecular weight is 183 g/mol. The molecule has 62 valence electrons. The second-order valence-electron chi connectivity index (χ2n) is 2.56. The molecule has 2 unspecified atom stereocenters. The molecule has 0 saturated heterocycles. The number of rotatable bonds is 3. The van der Waals surface area contributed by atoms with Crippen LogP contribution in [0.1, 0.15) is 6.92 Å². The molecule has 0 aromatic carbocycles. The van der Waals surface area contributed by atoms with Gasteiger partial charge in [-0.05, 0) is 21.0 Å². The topological polar surface area (TPSA) is 40.5 Å². The minimum Gasteiger partial charge on any atom is -0.306 e. The van der Waals surface area contributed by atoms with Gasteiger partial charge >= 0.3 is 0 Å². The molecule has 0 radical (unpaired) electrons. The minimum absolute atomic E-state index is 0.0648. The summed E-state index contributed by atoms with van der Waals surface area (Å²) in [6, 6.07) is 0.0648. The van der Waals surface area contributed by atoms with Crippen LogP contribution in [0.25, 0.3) is 0 Å². The Morgan fingerprint density at radius 3 is 2.20 bits per heavy atom. The van der Waals surface area contributed by atoms with Crippen molar-refractivity contribution < 1.29 is 8.76 Å². The Morgan fingerprint density at radius 1 is 1.70 bits per heavy atom. The highest BCUT2D eigenvalue weighted by Gasteiger charge is 2.10. The van der Waals surface area contributed by atoms with E-state index in [0.29, 0.717) is 0 Å². The lowest BCUT2D eigenvalue weighted by molar-refractivity contribution is 0.334. The molecule has 0 rings (SSSR count). The van der Waals surface area contributed by atoms with Crippen molar-refractivity contribution >= 4 is 20.0 Å². The molecule has 0 fully saturated rings. The van der Waals surface area contributed by atoms with Crippen molar-refractivity contribution in [1.82, 2.24) is 4.90 Å². The molecular formula is C5H13NO2S2. The fourth-order valence-electron chi connectivity index (χ4n) is 0.454. The van der Waals surface area contributed by atoms with Crippen LogP contribution in [0.3, 0.4) is 0 Å². The molecule has 3 nitrogen and oxygen atoms in total. The van der Waals surface area contributed by atoms with Gasteiger partial charge in [0.25, 0.3) is 0 Å². The van der Waals surface area contributed by atoms with E-state index in [1.54, 1.807) is 0 Å². The zero-order valence-corrected chi connectivity index (χ0v) is 8.04. The van der Waals surface area contributed by atoms with E-state index in [4.69, 9.17) is 4.55 Å². The quantitative estimate of drug-likeness (QED) is 0.676. The largest absolute Gasteiger partial charge is 0.306 e. The van der Waals surface area contributed by atoms with Gasteiger partial charge in [-0.3, -0.25) is 0 Å². The first-order chi connectivity index (χ1) is 4.33. The second kappa shape index (κ2) is 3.61. The first-order valence-corrected chi connectivity index (χ1v) is 5.55. The Bertz CT molecular complexity index is 186. The van der Waals surface area contributed by atoms with Crippen LogP contribution in [0, 0.1) is 0 Å². The normalized spacial score (nSPS) is 20.5. The lowest BCUT2D eigenvalue weighted by atomic mass is 10.4. The summed E-state index contributed by atoms with van der Waals surface area (Å²) in [6.07, 6.45) is 0. The van der Waals surface area contributed by atoms with Crippen LogP contribution < -0.4 is 0 Å². The maximum absolute atomic E-state index is 10.6. The van der Waals surface area contributed by atoms with E-state index in [2.05, 4.69) is 11.2 Å². The molecule has 10 heavy (non-hydrogen) atoms. The van der Waals surface area contributed by atoms with Crippen molar-refractivity contribution in [3.05, 3.63) is 0 Å². The second-order valence-corrected chi connectivity index (χ2v) is 5.62. The molecule has 0 bridgehead atoms. The number of hydrogen-bond acceptors (Lipinski definition) is 3. The standard InChI is InChI=1S/C5H13NO2S2/c1-5(6(2)3)4-10(7,8)9/h5H,4H2,1-3H3,(H,7,8,9). The van der Waals surface area contributed by atoms with Gasteiger partial charge in [0.05, 0.1) is 5.75 Å². The van der Waals surface area contributed by atoms with Gasteiger partial charge in [-0.25, -0.2) is 4.21 Å². The highest BCUT2D eigenvalue weighted by atomic mass is 32.8. The maximum Gasteiger partial charge on any atom is 0.143 e. The van der Waals surface area contributed by atoms with Crippen molar-refractivity contribution in [3.63, 3.8) is 0 Å². The first-order valence-electron chi connectivity index (χ1n) is 2.94. The molecule has 0 aromatic heterocycles. The summed E-state index contributed by atoms with van der Waals surface area (Å²) >= 11 is 4.34. The van der Waals surface area contributed by atoms with Crippen molar-refractivity contribution in [1.29, 1.82) is 0 Å². The number of nitrogens with zero attached hydrogens (tertiary/aromatic N) is 1. The summed E-state index contributed by atoms with van der Waals surface area (Å²) in [5.74, 6) is 0.162. The van der Waals surface area contributed by atoms with Crippen LogP contribution in [-0.4, -0.2) is 39.6 Å². The third-order valence-corrected chi connectivity index (χ3v) is 2.65. The molecule has 0 aliphatic rings. The first kappa shape index (κ1) is 10.3. The molecule has 0 aromatic rings. The van der Waals surface area contributed by atoms with Crippen LogP contribution in [0.15, 0.2) is 0 Å². The van der Waals surface area contributed by atoms with E-state index in [9.17, 15) is 4.21 Å². The number of hydrogen-bond donors (Lipinski definition) is 1. The third kappa shape index (κ3) is 5.10. The summed E-state index contributed by atoms with van der Waals surface area (Å²) in [5.41, 5.74) is 0. The van der Waals surface area contributed by atoms with Gasteiger partial charge in [0, 0.05) is 17.2 Å². The van der Waals surface area contributed by atoms with Crippen molar-refractivity contribution in [2.24, 2.45) is 0 Å². The summed E-state index contributed by atoms with van der Waals surface area (Å²) in [5, 5.41) is 0. The van der Waals surface area contributed by atoms with Gasteiger partial charge in [0.15, 0.2) is 0 Å². The molecule has 0 saturated carbocycles. The molecule has 1 N–H and O–H groups in total. The Labute approximate surface area is 66.9 Å². The smallest absolute Gasteiger partial charge is 0.143 e. The lowest BCUT2D eigenvalue weighted by Gasteiger charge is -2.18. The SMILES string of the molecule is CC(CS(=O)(O)=S)N(C)C. The van der Waals surface area contributed by atoms with Crippen molar-refractivity contribution in [2.75, 3.05) is 19.8 Å². The Hall–Kier alpha value is 0.290. The van der Waals surface area contributed by atoms with E-state index in [-0.39, 0.29) is 11.8 Å². The van der Waals surface area contributed by atoms with E-state index in [1.807, 2.05) is 25.9 Å². The molecular weight excluding hydrogens is 170 g/mol. The Kier molecular flexibility index (Phi) is 3.72. The zero-order valence-electron chi connectivity index (χ0n) is 6.40. The van der Waals surface area contributed by atoms with E-state index < -0.39 is 8.77 Å². The summed E-state index contributed by atoms with van der Waals surface area (Å²) in [4.78, 5) is 1.86. The summed E-state index contributed by atoms with van der Waals surface area (Å²) < 4.78 is 19.4. The molecule has 0 amide bonds. The van der Waals surface area contributed by atoms with Gasteiger partial charge in [-0.1, -0.05) is 0 Å². The highest BCUT2D eigenvalue weighted by molar-refractivity contribution is 8.29. The fourth-order valence-corrected chi connectivity index (χ4v) is 1.95. The predicted octanol–water partition coefficient (Wildman–Crippen LogP) is 0.156. The van der Waals surface area contributed by atoms with Crippen molar-refractivity contribution in [2.45, 2.75) is 13.0 Å². The van der Waals surface area contributed by atoms with Gasteiger partial charge < -0.3 is 9.45 Å². The van der Waals surface area contributed by atoms with Gasteiger partial charge in [0.1, 0.15) is 8.77 Å².